The van der Waals surface area contributed by atoms with Crippen LogP contribution in [0.4, 0.5) is 0 Å². The molecule has 4 heteroatoms. The van der Waals surface area contributed by atoms with Crippen molar-refractivity contribution in [3.63, 3.8) is 0 Å². The standard InChI is InChI=1S/C17H27N3S/c1-5-9-18-16(17-13(3)8-11-21-17)12-15-7-10-20(19-15)14(4)6-2/h7-8,10-11,14,16,18H,5-6,9,12H2,1-4H3. The normalized spacial score (nSPS) is 14.3. The first-order valence-electron chi connectivity index (χ1n) is 7.97. The Labute approximate surface area is 132 Å². The summed E-state index contributed by atoms with van der Waals surface area (Å²) in [6.07, 6.45) is 5.34. The minimum absolute atomic E-state index is 0.380. The maximum Gasteiger partial charge on any atom is 0.0644 e. The van der Waals surface area contributed by atoms with Gasteiger partial charge in [0.05, 0.1) is 5.69 Å². The molecule has 2 unspecified atom stereocenters. The maximum atomic E-state index is 4.75. The third kappa shape index (κ3) is 4.17. The zero-order valence-corrected chi connectivity index (χ0v) is 14.4. The zero-order valence-electron chi connectivity index (χ0n) is 13.6. The summed E-state index contributed by atoms with van der Waals surface area (Å²) >= 11 is 1.85. The van der Waals surface area contributed by atoms with E-state index in [1.54, 1.807) is 0 Å². The summed E-state index contributed by atoms with van der Waals surface area (Å²) in [7, 11) is 0. The first-order valence-corrected chi connectivity index (χ1v) is 8.85. The van der Waals surface area contributed by atoms with Crippen LogP contribution in [0.1, 0.15) is 61.8 Å². The van der Waals surface area contributed by atoms with Crippen molar-refractivity contribution in [3.05, 3.63) is 39.8 Å². The van der Waals surface area contributed by atoms with Crippen LogP contribution >= 0.6 is 11.3 Å². The molecule has 0 amide bonds. The molecule has 0 bridgehead atoms. The molecule has 0 radical (unpaired) electrons. The molecule has 116 valence electrons. The summed E-state index contributed by atoms with van der Waals surface area (Å²) in [5.74, 6) is 0. The van der Waals surface area contributed by atoms with Crippen LogP contribution in [0.15, 0.2) is 23.7 Å². The molecular formula is C17H27N3S. The fourth-order valence-corrected chi connectivity index (χ4v) is 3.45. The third-order valence-corrected chi connectivity index (χ3v) is 5.11. The quantitative estimate of drug-likeness (QED) is 0.778. The maximum absolute atomic E-state index is 4.75. The van der Waals surface area contributed by atoms with Crippen LogP contribution in [0.2, 0.25) is 0 Å². The van der Waals surface area contributed by atoms with E-state index in [4.69, 9.17) is 5.10 Å². The van der Waals surface area contributed by atoms with Crippen molar-refractivity contribution in [2.75, 3.05) is 6.54 Å². The van der Waals surface area contributed by atoms with Crippen molar-refractivity contribution in [2.45, 2.75) is 59.0 Å². The number of nitrogens with zero attached hydrogens (tertiary/aromatic N) is 2. The fourth-order valence-electron chi connectivity index (χ4n) is 2.45. The van der Waals surface area contributed by atoms with E-state index >= 15 is 0 Å². The number of rotatable bonds is 8. The molecule has 0 aliphatic heterocycles. The van der Waals surface area contributed by atoms with Crippen molar-refractivity contribution in [2.24, 2.45) is 0 Å². The van der Waals surface area contributed by atoms with E-state index in [0.717, 1.165) is 25.8 Å². The molecule has 1 N–H and O–H groups in total. The zero-order chi connectivity index (χ0) is 15.2. The van der Waals surface area contributed by atoms with Gasteiger partial charge in [-0.3, -0.25) is 4.68 Å². The van der Waals surface area contributed by atoms with Crippen molar-refractivity contribution < 1.29 is 0 Å². The molecule has 0 saturated heterocycles. The highest BCUT2D eigenvalue weighted by Gasteiger charge is 2.17. The summed E-state index contributed by atoms with van der Waals surface area (Å²) in [5, 5.41) is 10.6. The van der Waals surface area contributed by atoms with E-state index < -0.39 is 0 Å². The van der Waals surface area contributed by atoms with E-state index in [1.807, 2.05) is 11.3 Å². The highest BCUT2D eigenvalue weighted by atomic mass is 32.1. The van der Waals surface area contributed by atoms with Crippen molar-refractivity contribution >= 4 is 11.3 Å². The second-order valence-corrected chi connectivity index (χ2v) is 6.67. The van der Waals surface area contributed by atoms with Gasteiger partial charge >= 0.3 is 0 Å². The lowest BCUT2D eigenvalue weighted by molar-refractivity contribution is 0.466. The van der Waals surface area contributed by atoms with Crippen LogP contribution in [0.5, 0.6) is 0 Å². The Morgan fingerprint density at radius 2 is 2.14 bits per heavy atom. The van der Waals surface area contributed by atoms with Gasteiger partial charge in [-0.15, -0.1) is 11.3 Å². The lowest BCUT2D eigenvalue weighted by Crippen LogP contribution is -2.24. The minimum Gasteiger partial charge on any atom is -0.309 e. The van der Waals surface area contributed by atoms with E-state index in [9.17, 15) is 0 Å². The van der Waals surface area contributed by atoms with Gasteiger partial charge in [0.25, 0.3) is 0 Å². The molecule has 2 rings (SSSR count). The largest absolute Gasteiger partial charge is 0.309 e. The highest BCUT2D eigenvalue weighted by Crippen LogP contribution is 2.26. The van der Waals surface area contributed by atoms with Crippen LogP contribution in [0.25, 0.3) is 0 Å². The van der Waals surface area contributed by atoms with Gasteiger partial charge in [0.2, 0.25) is 0 Å². The van der Waals surface area contributed by atoms with Gasteiger partial charge in [0.15, 0.2) is 0 Å². The number of hydrogen-bond donors (Lipinski definition) is 1. The predicted molar refractivity (Wildman–Crippen MR) is 91.0 cm³/mol. The topological polar surface area (TPSA) is 29.9 Å². The highest BCUT2D eigenvalue weighted by molar-refractivity contribution is 7.10. The van der Waals surface area contributed by atoms with E-state index in [1.165, 1.54) is 16.1 Å². The molecule has 0 aliphatic carbocycles. The molecule has 21 heavy (non-hydrogen) atoms. The van der Waals surface area contributed by atoms with Gasteiger partial charge in [-0.05, 0) is 56.3 Å². The second-order valence-electron chi connectivity index (χ2n) is 5.72. The Morgan fingerprint density at radius 1 is 1.33 bits per heavy atom. The van der Waals surface area contributed by atoms with Crippen molar-refractivity contribution in [1.29, 1.82) is 0 Å². The van der Waals surface area contributed by atoms with Crippen LogP contribution in [-0.4, -0.2) is 16.3 Å². The van der Waals surface area contributed by atoms with Gasteiger partial charge in [0, 0.05) is 29.6 Å². The Balaban J connectivity index is 2.11. The van der Waals surface area contributed by atoms with Gasteiger partial charge in [0.1, 0.15) is 0 Å². The van der Waals surface area contributed by atoms with Gasteiger partial charge in [-0.25, -0.2) is 0 Å². The lowest BCUT2D eigenvalue weighted by Gasteiger charge is -2.17. The third-order valence-electron chi connectivity index (χ3n) is 3.98. The Kier molecular flexibility index (Phi) is 6.00. The van der Waals surface area contributed by atoms with E-state index in [2.05, 4.69) is 61.4 Å². The summed E-state index contributed by atoms with van der Waals surface area (Å²) in [6, 6.07) is 5.23. The Hall–Kier alpha value is -1.13. The summed E-state index contributed by atoms with van der Waals surface area (Å²) in [6.45, 7) is 9.88. The minimum atomic E-state index is 0.380. The molecule has 0 aliphatic rings. The number of nitrogens with one attached hydrogen (secondary N) is 1. The molecular weight excluding hydrogens is 278 g/mol. The summed E-state index contributed by atoms with van der Waals surface area (Å²) < 4.78 is 2.09. The lowest BCUT2D eigenvalue weighted by atomic mass is 10.1. The van der Waals surface area contributed by atoms with Gasteiger partial charge < -0.3 is 5.32 Å². The van der Waals surface area contributed by atoms with Gasteiger partial charge in [-0.2, -0.15) is 5.10 Å². The number of thiophene rings is 1. The SMILES string of the molecule is CCCNC(Cc1ccn(C(C)CC)n1)c1sccc1C. The van der Waals surface area contributed by atoms with Crippen molar-refractivity contribution in [1.82, 2.24) is 15.1 Å². The average Bonchev–Trinajstić information content (AvgIpc) is 3.11. The summed E-state index contributed by atoms with van der Waals surface area (Å²) in [4.78, 5) is 1.45. The molecule has 0 aromatic carbocycles. The molecule has 0 spiro atoms. The van der Waals surface area contributed by atoms with E-state index in [-0.39, 0.29) is 0 Å². The van der Waals surface area contributed by atoms with Crippen LogP contribution in [0.3, 0.4) is 0 Å². The molecule has 2 heterocycles. The fraction of sp³-hybridized carbons (Fsp3) is 0.588. The van der Waals surface area contributed by atoms with Gasteiger partial charge in [-0.1, -0.05) is 13.8 Å². The number of aryl methyl sites for hydroxylation is 1. The Bertz CT molecular complexity index is 544. The molecule has 0 saturated carbocycles. The van der Waals surface area contributed by atoms with Crippen LogP contribution in [-0.2, 0) is 6.42 Å². The van der Waals surface area contributed by atoms with E-state index in [0.29, 0.717) is 12.1 Å². The molecule has 0 fully saturated rings. The molecule has 2 atom stereocenters. The predicted octanol–water partition coefficient (Wildman–Crippen LogP) is 4.51. The Morgan fingerprint density at radius 3 is 2.76 bits per heavy atom. The molecule has 2 aromatic rings. The second kappa shape index (κ2) is 7.76. The molecule has 2 aromatic heterocycles. The monoisotopic (exact) mass is 305 g/mol. The van der Waals surface area contributed by atoms with Crippen LogP contribution in [0, 0.1) is 6.92 Å². The number of aromatic nitrogens is 2. The van der Waals surface area contributed by atoms with Crippen LogP contribution < -0.4 is 5.32 Å². The average molecular weight is 305 g/mol. The van der Waals surface area contributed by atoms with Crippen molar-refractivity contribution in [3.8, 4) is 0 Å². The first kappa shape index (κ1) is 16.2. The molecule has 3 nitrogen and oxygen atoms in total. The number of hydrogen-bond acceptors (Lipinski definition) is 3. The smallest absolute Gasteiger partial charge is 0.0644 e. The summed E-state index contributed by atoms with van der Waals surface area (Å²) in [5.41, 5.74) is 2.56. The first-order chi connectivity index (χ1) is 10.2.